The molecule has 1 aliphatic rings. The zero-order valence-electron chi connectivity index (χ0n) is 10.4. The van der Waals surface area contributed by atoms with E-state index in [2.05, 4.69) is 28.2 Å². The van der Waals surface area contributed by atoms with Crippen molar-refractivity contribution in [2.45, 2.75) is 32.6 Å². The Morgan fingerprint density at radius 2 is 2.22 bits per heavy atom. The van der Waals surface area contributed by atoms with Crippen molar-refractivity contribution in [2.75, 3.05) is 6.54 Å². The summed E-state index contributed by atoms with van der Waals surface area (Å²) in [5.41, 5.74) is 0.673. The van der Waals surface area contributed by atoms with Crippen LogP contribution in [-0.4, -0.2) is 12.5 Å². The van der Waals surface area contributed by atoms with E-state index in [1.165, 1.54) is 18.9 Å². The average molecular weight is 314 g/mol. The summed E-state index contributed by atoms with van der Waals surface area (Å²) in [6, 6.07) is 4.51. The third-order valence-corrected chi connectivity index (χ3v) is 4.36. The van der Waals surface area contributed by atoms with Crippen LogP contribution in [0.5, 0.6) is 0 Å². The number of rotatable bonds is 5. The maximum Gasteiger partial charge on any atom is 0.252 e. The van der Waals surface area contributed by atoms with Gasteiger partial charge in [0.15, 0.2) is 0 Å². The summed E-state index contributed by atoms with van der Waals surface area (Å²) in [7, 11) is 0. The quantitative estimate of drug-likeness (QED) is 0.877. The molecule has 0 unspecified atom stereocenters. The van der Waals surface area contributed by atoms with Crippen LogP contribution in [0, 0.1) is 11.2 Å². The molecule has 4 heteroatoms. The Balaban J connectivity index is 1.98. The topological polar surface area (TPSA) is 29.1 Å². The molecule has 1 saturated carbocycles. The normalized spacial score (nSPS) is 16.4. The van der Waals surface area contributed by atoms with Crippen LogP contribution in [0.2, 0.25) is 0 Å². The first kappa shape index (κ1) is 13.5. The Kier molecular flexibility index (Phi) is 4.05. The molecular weight excluding hydrogens is 297 g/mol. The van der Waals surface area contributed by atoms with Crippen LogP contribution in [0.15, 0.2) is 22.7 Å². The first-order valence-corrected chi connectivity index (χ1v) is 7.09. The maximum atomic E-state index is 13.3. The molecule has 1 N–H and O–H groups in total. The minimum absolute atomic E-state index is 0.205. The summed E-state index contributed by atoms with van der Waals surface area (Å²) < 4.78 is 13.6. The lowest BCUT2D eigenvalue weighted by atomic mass is 10.0. The first-order valence-electron chi connectivity index (χ1n) is 6.30. The Bertz CT molecular complexity index is 457. The van der Waals surface area contributed by atoms with Gasteiger partial charge in [-0.05, 0) is 52.7 Å². The Morgan fingerprint density at radius 1 is 1.50 bits per heavy atom. The molecule has 1 fully saturated rings. The predicted molar refractivity (Wildman–Crippen MR) is 73.0 cm³/mol. The second kappa shape index (κ2) is 5.39. The van der Waals surface area contributed by atoms with Gasteiger partial charge in [-0.15, -0.1) is 0 Å². The number of halogens is 2. The zero-order valence-corrected chi connectivity index (χ0v) is 12.0. The van der Waals surface area contributed by atoms with E-state index >= 15 is 0 Å². The van der Waals surface area contributed by atoms with Gasteiger partial charge in [-0.1, -0.05) is 19.4 Å². The molecule has 0 saturated heterocycles. The van der Waals surface area contributed by atoms with Gasteiger partial charge < -0.3 is 5.32 Å². The molecule has 0 bridgehead atoms. The predicted octanol–water partition coefficient (Wildman–Crippen LogP) is 3.90. The van der Waals surface area contributed by atoms with Crippen molar-refractivity contribution in [3.05, 3.63) is 34.1 Å². The highest BCUT2D eigenvalue weighted by atomic mass is 79.9. The minimum atomic E-state index is -0.405. The van der Waals surface area contributed by atoms with E-state index in [1.54, 1.807) is 12.1 Å². The molecular formula is C14H17BrFNO. The number of hydrogen-bond acceptors (Lipinski definition) is 1. The average Bonchev–Trinajstić information content (AvgIpc) is 3.11. The van der Waals surface area contributed by atoms with Gasteiger partial charge in [0.2, 0.25) is 0 Å². The number of nitrogens with one attached hydrogen (secondary N) is 1. The van der Waals surface area contributed by atoms with Gasteiger partial charge in [0.25, 0.3) is 5.91 Å². The molecule has 0 spiro atoms. The van der Waals surface area contributed by atoms with E-state index in [4.69, 9.17) is 0 Å². The summed E-state index contributed by atoms with van der Waals surface area (Å²) in [4.78, 5) is 12.0. The first-order chi connectivity index (χ1) is 8.58. The van der Waals surface area contributed by atoms with Crippen molar-refractivity contribution >= 4 is 21.8 Å². The molecule has 1 aromatic rings. The lowest BCUT2D eigenvalue weighted by Crippen LogP contribution is -2.30. The van der Waals surface area contributed by atoms with Gasteiger partial charge in [-0.25, -0.2) is 4.39 Å². The van der Waals surface area contributed by atoms with E-state index < -0.39 is 5.82 Å². The second-order valence-corrected chi connectivity index (χ2v) is 5.83. The van der Waals surface area contributed by atoms with Crippen LogP contribution in [0.1, 0.15) is 43.0 Å². The standard InChI is InChI=1S/C14H17BrFNO/c1-2-6-14(7-8-14)9-17-13(18)10-4-3-5-11(16)12(10)15/h3-5H,2,6-9H2,1H3,(H,17,18). The van der Waals surface area contributed by atoms with Crippen molar-refractivity contribution in [2.24, 2.45) is 5.41 Å². The Morgan fingerprint density at radius 3 is 2.83 bits per heavy atom. The molecule has 0 atom stereocenters. The van der Waals surface area contributed by atoms with Gasteiger partial charge in [-0.2, -0.15) is 0 Å². The van der Waals surface area contributed by atoms with Crippen molar-refractivity contribution in [3.63, 3.8) is 0 Å². The molecule has 0 radical (unpaired) electrons. The molecule has 2 nitrogen and oxygen atoms in total. The van der Waals surface area contributed by atoms with Gasteiger partial charge in [-0.3, -0.25) is 4.79 Å². The van der Waals surface area contributed by atoms with Crippen LogP contribution in [0.3, 0.4) is 0 Å². The van der Waals surface area contributed by atoms with E-state index in [0.29, 0.717) is 17.5 Å². The summed E-state index contributed by atoms with van der Waals surface area (Å²) in [5.74, 6) is -0.610. The van der Waals surface area contributed by atoms with Crippen molar-refractivity contribution in [1.29, 1.82) is 0 Å². The molecule has 2 rings (SSSR count). The second-order valence-electron chi connectivity index (χ2n) is 5.03. The zero-order chi connectivity index (χ0) is 13.2. The third kappa shape index (κ3) is 2.91. The largest absolute Gasteiger partial charge is 0.351 e. The fourth-order valence-electron chi connectivity index (χ4n) is 2.26. The fourth-order valence-corrected chi connectivity index (χ4v) is 2.71. The van der Waals surface area contributed by atoms with E-state index in [1.807, 2.05) is 0 Å². The van der Waals surface area contributed by atoms with Crippen LogP contribution in [-0.2, 0) is 0 Å². The minimum Gasteiger partial charge on any atom is -0.351 e. The fraction of sp³-hybridized carbons (Fsp3) is 0.500. The van der Waals surface area contributed by atoms with Gasteiger partial charge in [0, 0.05) is 6.54 Å². The monoisotopic (exact) mass is 313 g/mol. The lowest BCUT2D eigenvalue weighted by molar-refractivity contribution is 0.0942. The molecule has 18 heavy (non-hydrogen) atoms. The molecule has 1 aliphatic carbocycles. The molecule has 0 heterocycles. The van der Waals surface area contributed by atoms with Crippen LogP contribution in [0.25, 0.3) is 0 Å². The highest BCUT2D eigenvalue weighted by molar-refractivity contribution is 9.10. The van der Waals surface area contributed by atoms with E-state index in [-0.39, 0.29) is 10.4 Å². The number of amides is 1. The van der Waals surface area contributed by atoms with Crippen molar-refractivity contribution < 1.29 is 9.18 Å². The molecule has 98 valence electrons. The highest BCUT2D eigenvalue weighted by Crippen LogP contribution is 2.48. The highest BCUT2D eigenvalue weighted by Gasteiger charge is 2.41. The summed E-state index contributed by atoms with van der Waals surface area (Å²) in [6.07, 6.45) is 4.66. The van der Waals surface area contributed by atoms with Crippen molar-refractivity contribution in [3.8, 4) is 0 Å². The van der Waals surface area contributed by atoms with Crippen LogP contribution < -0.4 is 5.32 Å². The summed E-state index contributed by atoms with van der Waals surface area (Å²) >= 11 is 3.11. The SMILES string of the molecule is CCCC1(CNC(=O)c2cccc(F)c2Br)CC1. The molecule has 1 amide bonds. The maximum absolute atomic E-state index is 13.3. The van der Waals surface area contributed by atoms with Gasteiger partial charge in [0.05, 0.1) is 10.0 Å². The van der Waals surface area contributed by atoms with E-state index in [9.17, 15) is 9.18 Å². The number of carbonyl (C=O) groups excluding carboxylic acids is 1. The van der Waals surface area contributed by atoms with Crippen molar-refractivity contribution in [1.82, 2.24) is 5.32 Å². The number of carbonyl (C=O) groups is 1. The summed E-state index contributed by atoms with van der Waals surface area (Å²) in [5, 5.41) is 2.92. The third-order valence-electron chi connectivity index (χ3n) is 3.56. The lowest BCUT2D eigenvalue weighted by Gasteiger charge is -2.15. The summed E-state index contributed by atoms with van der Waals surface area (Å²) in [6.45, 7) is 2.85. The smallest absolute Gasteiger partial charge is 0.252 e. The van der Waals surface area contributed by atoms with Crippen LogP contribution in [0.4, 0.5) is 4.39 Å². The molecule has 0 aliphatic heterocycles. The Labute approximate surface area is 115 Å². The van der Waals surface area contributed by atoms with Gasteiger partial charge >= 0.3 is 0 Å². The Hall–Kier alpha value is -0.900. The van der Waals surface area contributed by atoms with Gasteiger partial charge in [0.1, 0.15) is 5.82 Å². The number of benzene rings is 1. The molecule has 0 aromatic heterocycles. The van der Waals surface area contributed by atoms with E-state index in [0.717, 1.165) is 12.8 Å². The molecule has 1 aromatic carbocycles. The van der Waals surface area contributed by atoms with Crippen LogP contribution >= 0.6 is 15.9 Å². The number of hydrogen-bond donors (Lipinski definition) is 1.